The van der Waals surface area contributed by atoms with Gasteiger partial charge in [0.25, 0.3) is 5.91 Å². The molecule has 1 aliphatic rings. The summed E-state index contributed by atoms with van der Waals surface area (Å²) < 4.78 is 5.70. The topological polar surface area (TPSA) is 45.5 Å². The molecule has 1 fully saturated rings. The van der Waals surface area contributed by atoms with Gasteiger partial charge >= 0.3 is 0 Å². The molecule has 1 saturated heterocycles. The molecule has 0 saturated carbocycles. The van der Waals surface area contributed by atoms with Crippen molar-refractivity contribution in [3.05, 3.63) is 34.5 Å². The van der Waals surface area contributed by atoms with Crippen molar-refractivity contribution < 1.29 is 9.21 Å². The summed E-state index contributed by atoms with van der Waals surface area (Å²) >= 11 is 5.98. The number of hydrogen-bond acceptors (Lipinski definition) is 3. The Kier molecular flexibility index (Phi) is 4.58. The van der Waals surface area contributed by atoms with Crippen molar-refractivity contribution in [2.45, 2.75) is 6.92 Å². The third-order valence-corrected chi connectivity index (χ3v) is 3.73. The van der Waals surface area contributed by atoms with Crippen molar-refractivity contribution in [2.24, 2.45) is 0 Å². The van der Waals surface area contributed by atoms with Crippen LogP contribution in [0.2, 0.25) is 5.02 Å². The molecule has 0 spiro atoms. The van der Waals surface area contributed by atoms with E-state index in [-0.39, 0.29) is 18.3 Å². The summed E-state index contributed by atoms with van der Waals surface area (Å²) in [6, 6.07) is 5.41. The Bertz CT molecular complexity index is 633. The molecular formula is C14H16Cl2N2O2. The van der Waals surface area contributed by atoms with Gasteiger partial charge in [0.05, 0.1) is 0 Å². The number of amides is 1. The van der Waals surface area contributed by atoms with Crippen molar-refractivity contribution in [1.82, 2.24) is 10.2 Å². The van der Waals surface area contributed by atoms with E-state index >= 15 is 0 Å². The number of hydrogen-bond donors (Lipinski definition) is 1. The molecule has 20 heavy (non-hydrogen) atoms. The highest BCUT2D eigenvalue weighted by atomic mass is 35.5. The Morgan fingerprint density at radius 2 is 2.05 bits per heavy atom. The number of nitrogens with zero attached hydrogens (tertiary/aromatic N) is 1. The molecule has 3 rings (SSSR count). The maximum atomic E-state index is 12.4. The second-order valence-electron chi connectivity index (χ2n) is 4.74. The third-order valence-electron chi connectivity index (χ3n) is 3.50. The number of carbonyl (C=O) groups is 1. The van der Waals surface area contributed by atoms with E-state index in [1.165, 1.54) is 0 Å². The third kappa shape index (κ3) is 2.64. The number of fused-ring (bicyclic) bond motifs is 1. The van der Waals surface area contributed by atoms with Gasteiger partial charge in [-0.3, -0.25) is 4.79 Å². The number of carbonyl (C=O) groups excluding carboxylic acids is 1. The van der Waals surface area contributed by atoms with Gasteiger partial charge in [0.1, 0.15) is 5.58 Å². The summed E-state index contributed by atoms with van der Waals surface area (Å²) in [6.45, 7) is 5.00. The monoisotopic (exact) mass is 314 g/mol. The summed E-state index contributed by atoms with van der Waals surface area (Å²) in [5, 5.41) is 4.79. The lowest BCUT2D eigenvalue weighted by Gasteiger charge is -2.26. The Balaban J connectivity index is 0.00000147. The largest absolute Gasteiger partial charge is 0.451 e. The number of furan rings is 1. The molecule has 2 aromatic rings. The molecule has 4 nitrogen and oxygen atoms in total. The zero-order chi connectivity index (χ0) is 13.4. The molecule has 0 atom stereocenters. The molecular weight excluding hydrogens is 299 g/mol. The minimum atomic E-state index is -0.0358. The highest BCUT2D eigenvalue weighted by Crippen LogP contribution is 2.28. The first-order valence-corrected chi connectivity index (χ1v) is 6.73. The number of halogens is 2. The minimum absolute atomic E-state index is 0. The molecule has 6 heteroatoms. The summed E-state index contributed by atoms with van der Waals surface area (Å²) in [7, 11) is 0. The second-order valence-corrected chi connectivity index (χ2v) is 5.18. The van der Waals surface area contributed by atoms with Crippen LogP contribution in [0.5, 0.6) is 0 Å². The van der Waals surface area contributed by atoms with Crippen LogP contribution in [0, 0.1) is 6.92 Å². The highest BCUT2D eigenvalue weighted by molar-refractivity contribution is 6.31. The lowest BCUT2D eigenvalue weighted by atomic mass is 10.1. The lowest BCUT2D eigenvalue weighted by molar-refractivity contribution is 0.0705. The first kappa shape index (κ1) is 15.2. The maximum absolute atomic E-state index is 12.4. The van der Waals surface area contributed by atoms with E-state index in [9.17, 15) is 4.79 Å². The van der Waals surface area contributed by atoms with Crippen LogP contribution >= 0.6 is 24.0 Å². The Morgan fingerprint density at radius 3 is 2.75 bits per heavy atom. The van der Waals surface area contributed by atoms with Gasteiger partial charge in [-0.15, -0.1) is 12.4 Å². The normalized spacial score (nSPS) is 15.2. The van der Waals surface area contributed by atoms with Crippen LogP contribution in [0.3, 0.4) is 0 Å². The SMILES string of the molecule is Cc1c(C(=O)N2CCNCC2)oc2ccc(Cl)cc12.Cl. The number of rotatable bonds is 1. The maximum Gasteiger partial charge on any atom is 0.289 e. The molecule has 1 aliphatic heterocycles. The molecule has 0 unspecified atom stereocenters. The first-order valence-electron chi connectivity index (χ1n) is 6.35. The molecule has 2 heterocycles. The predicted molar refractivity (Wildman–Crippen MR) is 82.0 cm³/mol. The zero-order valence-corrected chi connectivity index (χ0v) is 12.7. The number of benzene rings is 1. The van der Waals surface area contributed by atoms with E-state index in [0.717, 1.165) is 37.1 Å². The van der Waals surface area contributed by atoms with Gasteiger partial charge in [0.15, 0.2) is 5.76 Å². The molecule has 1 aromatic carbocycles. The summed E-state index contributed by atoms with van der Waals surface area (Å²) in [5.41, 5.74) is 1.57. The van der Waals surface area contributed by atoms with Crippen molar-refractivity contribution in [1.29, 1.82) is 0 Å². The predicted octanol–water partition coefficient (Wildman–Crippen LogP) is 2.86. The van der Waals surface area contributed by atoms with E-state index in [0.29, 0.717) is 16.4 Å². The Morgan fingerprint density at radius 1 is 1.35 bits per heavy atom. The average Bonchev–Trinajstić information content (AvgIpc) is 2.76. The van der Waals surface area contributed by atoms with E-state index in [1.54, 1.807) is 12.1 Å². The van der Waals surface area contributed by atoms with Crippen molar-refractivity contribution in [3.8, 4) is 0 Å². The zero-order valence-electron chi connectivity index (χ0n) is 11.1. The molecule has 0 aliphatic carbocycles. The second kappa shape index (κ2) is 6.04. The van der Waals surface area contributed by atoms with Crippen LogP contribution in [-0.4, -0.2) is 37.0 Å². The van der Waals surface area contributed by atoms with Crippen LogP contribution in [0.25, 0.3) is 11.0 Å². The quantitative estimate of drug-likeness (QED) is 0.880. The average molecular weight is 315 g/mol. The van der Waals surface area contributed by atoms with Gasteiger partial charge < -0.3 is 14.6 Å². The molecule has 108 valence electrons. The van der Waals surface area contributed by atoms with E-state index in [1.807, 2.05) is 17.9 Å². The van der Waals surface area contributed by atoms with E-state index in [4.69, 9.17) is 16.0 Å². The van der Waals surface area contributed by atoms with Crippen LogP contribution in [-0.2, 0) is 0 Å². The fraction of sp³-hybridized carbons (Fsp3) is 0.357. The number of nitrogens with one attached hydrogen (secondary N) is 1. The number of piperazine rings is 1. The summed E-state index contributed by atoms with van der Waals surface area (Å²) in [6.07, 6.45) is 0. The summed E-state index contributed by atoms with van der Waals surface area (Å²) in [5.74, 6) is 0.394. The van der Waals surface area contributed by atoms with Crippen LogP contribution in [0.1, 0.15) is 16.1 Å². The van der Waals surface area contributed by atoms with Gasteiger partial charge in [-0.2, -0.15) is 0 Å². The van der Waals surface area contributed by atoms with Crippen molar-refractivity contribution >= 4 is 40.9 Å². The first-order chi connectivity index (χ1) is 9.16. The molecule has 0 radical (unpaired) electrons. The Labute approximate surface area is 128 Å². The van der Waals surface area contributed by atoms with Crippen LogP contribution < -0.4 is 5.32 Å². The Hall–Kier alpha value is -1.23. The van der Waals surface area contributed by atoms with Gasteiger partial charge in [-0.1, -0.05) is 11.6 Å². The smallest absolute Gasteiger partial charge is 0.289 e. The van der Waals surface area contributed by atoms with E-state index < -0.39 is 0 Å². The van der Waals surface area contributed by atoms with Crippen molar-refractivity contribution in [3.63, 3.8) is 0 Å². The van der Waals surface area contributed by atoms with Gasteiger partial charge in [0.2, 0.25) is 0 Å². The minimum Gasteiger partial charge on any atom is -0.451 e. The number of aryl methyl sites for hydroxylation is 1. The highest BCUT2D eigenvalue weighted by Gasteiger charge is 2.24. The fourth-order valence-corrected chi connectivity index (χ4v) is 2.58. The molecule has 0 bridgehead atoms. The van der Waals surface area contributed by atoms with E-state index in [2.05, 4.69) is 5.32 Å². The van der Waals surface area contributed by atoms with Gasteiger partial charge in [-0.25, -0.2) is 0 Å². The van der Waals surface area contributed by atoms with Gasteiger partial charge in [0, 0.05) is 42.2 Å². The molecule has 1 aromatic heterocycles. The lowest BCUT2D eigenvalue weighted by Crippen LogP contribution is -2.46. The van der Waals surface area contributed by atoms with Crippen LogP contribution in [0.4, 0.5) is 0 Å². The van der Waals surface area contributed by atoms with Gasteiger partial charge in [-0.05, 0) is 25.1 Å². The summed E-state index contributed by atoms with van der Waals surface area (Å²) in [4.78, 5) is 14.3. The van der Waals surface area contributed by atoms with Crippen molar-refractivity contribution in [2.75, 3.05) is 26.2 Å². The fourth-order valence-electron chi connectivity index (χ4n) is 2.41. The van der Waals surface area contributed by atoms with Crippen LogP contribution in [0.15, 0.2) is 22.6 Å². The standard InChI is InChI=1S/C14H15ClN2O2.ClH/c1-9-11-8-10(15)2-3-12(11)19-13(9)14(18)17-6-4-16-5-7-17;/h2-3,8,16H,4-7H2,1H3;1H. The molecule has 1 amide bonds. The molecule has 1 N–H and O–H groups in total.